The number of rotatable bonds is 6. The Morgan fingerprint density at radius 2 is 1.74 bits per heavy atom. The van der Waals surface area contributed by atoms with Gasteiger partial charge in [-0.25, -0.2) is 4.79 Å². The molecule has 6 nitrogen and oxygen atoms in total. The Hall–Kier alpha value is -1.30. The predicted molar refractivity (Wildman–Crippen MR) is 73.1 cm³/mol. The van der Waals surface area contributed by atoms with Gasteiger partial charge in [0.15, 0.2) is 0 Å². The summed E-state index contributed by atoms with van der Waals surface area (Å²) >= 11 is 0. The van der Waals surface area contributed by atoms with Gasteiger partial charge in [-0.1, -0.05) is 13.8 Å². The van der Waals surface area contributed by atoms with E-state index in [9.17, 15) is 9.59 Å². The molecule has 0 heterocycles. The number of carbonyl (C=O) groups excluding carboxylic acids is 1. The highest BCUT2D eigenvalue weighted by Crippen LogP contribution is 2.06. The lowest BCUT2D eigenvalue weighted by molar-refractivity contribution is -0.140. The first kappa shape index (κ1) is 17.7. The molecular formula is C13H26N2O4. The molecular weight excluding hydrogens is 248 g/mol. The first-order valence-electron chi connectivity index (χ1n) is 6.48. The quantitative estimate of drug-likeness (QED) is 0.684. The molecule has 2 atom stereocenters. The van der Waals surface area contributed by atoms with Crippen molar-refractivity contribution in [2.24, 2.45) is 5.92 Å². The predicted octanol–water partition coefficient (Wildman–Crippen LogP) is 1.60. The van der Waals surface area contributed by atoms with E-state index >= 15 is 0 Å². The average molecular weight is 274 g/mol. The van der Waals surface area contributed by atoms with Crippen LogP contribution in [0.4, 0.5) is 4.79 Å². The van der Waals surface area contributed by atoms with Crippen molar-refractivity contribution in [1.82, 2.24) is 10.6 Å². The molecule has 0 saturated heterocycles. The van der Waals surface area contributed by atoms with E-state index in [1.54, 1.807) is 20.8 Å². The van der Waals surface area contributed by atoms with Crippen molar-refractivity contribution in [1.29, 1.82) is 0 Å². The van der Waals surface area contributed by atoms with Crippen LogP contribution in [-0.2, 0) is 9.53 Å². The fourth-order valence-electron chi connectivity index (χ4n) is 1.46. The van der Waals surface area contributed by atoms with E-state index in [2.05, 4.69) is 10.6 Å². The first-order chi connectivity index (χ1) is 8.53. The zero-order chi connectivity index (χ0) is 15.2. The van der Waals surface area contributed by atoms with Crippen LogP contribution in [0.15, 0.2) is 0 Å². The minimum atomic E-state index is -0.890. The third-order valence-electron chi connectivity index (χ3n) is 2.35. The molecule has 0 radical (unpaired) electrons. The molecule has 0 aromatic carbocycles. The molecule has 0 fully saturated rings. The van der Waals surface area contributed by atoms with Crippen molar-refractivity contribution in [2.45, 2.75) is 59.2 Å². The molecule has 2 unspecified atom stereocenters. The topological polar surface area (TPSA) is 87.7 Å². The van der Waals surface area contributed by atoms with Crippen molar-refractivity contribution >= 4 is 12.1 Å². The highest BCUT2D eigenvalue weighted by atomic mass is 16.6. The van der Waals surface area contributed by atoms with E-state index in [4.69, 9.17) is 9.84 Å². The Bertz CT molecular complexity index is 310. The van der Waals surface area contributed by atoms with Crippen LogP contribution in [0.1, 0.15) is 41.5 Å². The largest absolute Gasteiger partial charge is 0.480 e. The number of nitrogens with one attached hydrogen (secondary N) is 2. The summed E-state index contributed by atoms with van der Waals surface area (Å²) in [5, 5.41) is 14.6. The van der Waals surface area contributed by atoms with E-state index in [-0.39, 0.29) is 12.0 Å². The molecule has 0 bridgehead atoms. The maximum absolute atomic E-state index is 11.4. The van der Waals surface area contributed by atoms with Gasteiger partial charge in [-0.3, -0.25) is 10.1 Å². The Morgan fingerprint density at radius 3 is 2.11 bits per heavy atom. The minimum Gasteiger partial charge on any atom is -0.480 e. The van der Waals surface area contributed by atoms with Crippen molar-refractivity contribution in [3.8, 4) is 0 Å². The molecule has 112 valence electrons. The van der Waals surface area contributed by atoms with Gasteiger partial charge in [-0.05, 0) is 33.6 Å². The van der Waals surface area contributed by atoms with Crippen LogP contribution in [0.25, 0.3) is 0 Å². The van der Waals surface area contributed by atoms with Crippen molar-refractivity contribution in [2.75, 3.05) is 6.54 Å². The maximum Gasteiger partial charge on any atom is 0.407 e. The number of amides is 1. The normalized spacial score (nSPS) is 14.9. The number of carboxylic acid groups (broad SMARTS) is 1. The first-order valence-corrected chi connectivity index (χ1v) is 6.48. The number of aliphatic carboxylic acids is 1. The molecule has 0 saturated carbocycles. The second-order valence-corrected chi connectivity index (χ2v) is 6.01. The summed E-state index contributed by atoms with van der Waals surface area (Å²) in [7, 11) is 0. The SMILES string of the molecule is CC(CNC(=O)OC(C)(C)C)NC(C(=O)O)C(C)C. The van der Waals surface area contributed by atoms with Gasteiger partial charge in [0.05, 0.1) is 0 Å². The molecule has 0 aliphatic rings. The molecule has 0 aromatic rings. The number of carboxylic acids is 1. The van der Waals surface area contributed by atoms with E-state index < -0.39 is 23.7 Å². The number of alkyl carbamates (subject to hydrolysis) is 1. The summed E-state index contributed by atoms with van der Waals surface area (Å²) < 4.78 is 5.09. The van der Waals surface area contributed by atoms with Crippen LogP contribution in [0, 0.1) is 5.92 Å². The molecule has 0 aliphatic carbocycles. The van der Waals surface area contributed by atoms with Crippen LogP contribution in [0.5, 0.6) is 0 Å². The van der Waals surface area contributed by atoms with E-state index in [0.717, 1.165) is 0 Å². The lowest BCUT2D eigenvalue weighted by Gasteiger charge is -2.24. The molecule has 1 amide bonds. The Labute approximate surface area is 114 Å². The molecule has 3 N–H and O–H groups in total. The fraction of sp³-hybridized carbons (Fsp3) is 0.846. The summed E-state index contributed by atoms with van der Waals surface area (Å²) in [6, 6.07) is -0.786. The smallest absolute Gasteiger partial charge is 0.407 e. The standard InChI is InChI=1S/C13H26N2O4/c1-8(2)10(11(16)17)15-9(3)7-14-12(18)19-13(4,5)6/h8-10,15H,7H2,1-6H3,(H,14,18)(H,16,17). The lowest BCUT2D eigenvalue weighted by atomic mass is 10.0. The van der Waals surface area contributed by atoms with Crippen LogP contribution < -0.4 is 10.6 Å². The lowest BCUT2D eigenvalue weighted by Crippen LogP contribution is -2.49. The Morgan fingerprint density at radius 1 is 1.21 bits per heavy atom. The Balaban J connectivity index is 4.14. The van der Waals surface area contributed by atoms with Gasteiger partial charge >= 0.3 is 12.1 Å². The second-order valence-electron chi connectivity index (χ2n) is 6.01. The number of ether oxygens (including phenoxy) is 1. The number of hydrogen-bond acceptors (Lipinski definition) is 4. The zero-order valence-electron chi connectivity index (χ0n) is 12.6. The number of carbonyl (C=O) groups is 2. The van der Waals surface area contributed by atoms with Gasteiger partial charge in [0.25, 0.3) is 0 Å². The van der Waals surface area contributed by atoms with Gasteiger partial charge in [-0.15, -0.1) is 0 Å². The van der Waals surface area contributed by atoms with Crippen LogP contribution in [0.3, 0.4) is 0 Å². The van der Waals surface area contributed by atoms with Crippen LogP contribution in [0.2, 0.25) is 0 Å². The van der Waals surface area contributed by atoms with E-state index in [0.29, 0.717) is 6.54 Å². The van der Waals surface area contributed by atoms with Crippen molar-refractivity contribution < 1.29 is 19.4 Å². The van der Waals surface area contributed by atoms with Gasteiger partial charge in [0.2, 0.25) is 0 Å². The molecule has 0 aromatic heterocycles. The minimum absolute atomic E-state index is 0.0264. The molecule has 19 heavy (non-hydrogen) atoms. The fourth-order valence-corrected chi connectivity index (χ4v) is 1.46. The molecule has 6 heteroatoms. The summed E-state index contributed by atoms with van der Waals surface area (Å²) in [6.07, 6.45) is -0.502. The Kier molecular flexibility index (Phi) is 6.83. The molecule has 0 rings (SSSR count). The molecule has 0 aliphatic heterocycles. The monoisotopic (exact) mass is 274 g/mol. The van der Waals surface area contributed by atoms with Gasteiger partial charge in [0, 0.05) is 12.6 Å². The maximum atomic E-state index is 11.4. The number of hydrogen-bond donors (Lipinski definition) is 3. The highest BCUT2D eigenvalue weighted by molar-refractivity contribution is 5.73. The zero-order valence-corrected chi connectivity index (χ0v) is 12.6. The summed E-state index contributed by atoms with van der Waals surface area (Å²) in [6.45, 7) is 11.1. The van der Waals surface area contributed by atoms with Crippen molar-refractivity contribution in [3.63, 3.8) is 0 Å². The third kappa shape index (κ3) is 8.42. The van der Waals surface area contributed by atoms with Crippen LogP contribution >= 0.6 is 0 Å². The second kappa shape index (κ2) is 7.33. The highest BCUT2D eigenvalue weighted by Gasteiger charge is 2.23. The summed E-state index contributed by atoms with van der Waals surface area (Å²) in [5.41, 5.74) is -0.539. The third-order valence-corrected chi connectivity index (χ3v) is 2.35. The van der Waals surface area contributed by atoms with Gasteiger partial charge in [0.1, 0.15) is 11.6 Å². The van der Waals surface area contributed by atoms with Crippen LogP contribution in [-0.4, -0.2) is 41.4 Å². The summed E-state index contributed by atoms with van der Waals surface area (Å²) in [4.78, 5) is 22.5. The van der Waals surface area contributed by atoms with E-state index in [1.165, 1.54) is 0 Å². The summed E-state index contributed by atoms with van der Waals surface area (Å²) in [5.74, 6) is -0.916. The van der Waals surface area contributed by atoms with Gasteiger partial charge in [-0.2, -0.15) is 0 Å². The molecule has 0 spiro atoms. The van der Waals surface area contributed by atoms with Crippen molar-refractivity contribution in [3.05, 3.63) is 0 Å². The van der Waals surface area contributed by atoms with Gasteiger partial charge < -0.3 is 15.2 Å². The average Bonchev–Trinajstić information content (AvgIpc) is 2.19. The van der Waals surface area contributed by atoms with E-state index in [1.807, 2.05) is 20.8 Å².